The van der Waals surface area contributed by atoms with Gasteiger partial charge in [0.15, 0.2) is 5.69 Å². The van der Waals surface area contributed by atoms with E-state index in [9.17, 15) is 13.2 Å². The van der Waals surface area contributed by atoms with Crippen molar-refractivity contribution in [2.24, 2.45) is 0 Å². The highest BCUT2D eigenvalue weighted by Gasteiger charge is 2.25. The number of methoxy groups -OCH3 is 1. The molecule has 0 spiro atoms. The van der Waals surface area contributed by atoms with E-state index in [1.807, 2.05) is 23.8 Å². The molecule has 0 aliphatic rings. The lowest BCUT2D eigenvalue weighted by Crippen LogP contribution is -2.31. The Balaban J connectivity index is 1.90. The summed E-state index contributed by atoms with van der Waals surface area (Å²) in [6, 6.07) is 11.1. The zero-order valence-electron chi connectivity index (χ0n) is 14.8. The molecule has 146 valence electrons. The monoisotopic (exact) mass is 439 g/mol. The van der Waals surface area contributed by atoms with Crippen LogP contribution in [0.4, 0.5) is 0 Å². The summed E-state index contributed by atoms with van der Waals surface area (Å²) in [5.41, 5.74) is 1.47. The van der Waals surface area contributed by atoms with Gasteiger partial charge in [-0.1, -0.05) is 35.3 Å². The van der Waals surface area contributed by atoms with Crippen LogP contribution in [0.25, 0.3) is 5.69 Å². The average molecular weight is 440 g/mol. The SMILES string of the molecule is COc1ccc(C)cc1-n1ccc(C(=O)NS(=O)(=O)c2c(Cl)cccc2Cl)n1. The Labute approximate surface area is 171 Å². The van der Waals surface area contributed by atoms with Crippen molar-refractivity contribution in [3.63, 3.8) is 0 Å². The van der Waals surface area contributed by atoms with Gasteiger partial charge in [0, 0.05) is 6.20 Å². The molecule has 2 aromatic carbocycles. The topological polar surface area (TPSA) is 90.3 Å². The predicted molar refractivity (Wildman–Crippen MR) is 106 cm³/mol. The third-order valence-corrected chi connectivity index (χ3v) is 6.10. The summed E-state index contributed by atoms with van der Waals surface area (Å²) >= 11 is 11.9. The molecule has 0 radical (unpaired) electrons. The minimum absolute atomic E-state index is 0.0946. The second kappa shape index (κ2) is 7.83. The third-order valence-electron chi connectivity index (χ3n) is 3.82. The molecule has 0 aliphatic carbocycles. The number of ether oxygens (including phenoxy) is 1. The van der Waals surface area contributed by atoms with Crippen molar-refractivity contribution < 1.29 is 17.9 Å². The lowest BCUT2D eigenvalue weighted by Gasteiger charge is -2.10. The minimum atomic E-state index is -4.28. The van der Waals surface area contributed by atoms with Crippen molar-refractivity contribution in [3.8, 4) is 11.4 Å². The fraction of sp³-hybridized carbons (Fsp3) is 0.111. The zero-order valence-corrected chi connectivity index (χ0v) is 17.1. The maximum absolute atomic E-state index is 12.5. The van der Waals surface area contributed by atoms with Crippen LogP contribution < -0.4 is 9.46 Å². The van der Waals surface area contributed by atoms with Crippen LogP contribution in [-0.4, -0.2) is 31.2 Å². The molecule has 28 heavy (non-hydrogen) atoms. The predicted octanol–water partition coefficient (Wildman–Crippen LogP) is 3.61. The van der Waals surface area contributed by atoms with Gasteiger partial charge < -0.3 is 4.74 Å². The number of benzene rings is 2. The van der Waals surface area contributed by atoms with E-state index in [-0.39, 0.29) is 20.6 Å². The maximum Gasteiger partial charge on any atom is 0.285 e. The normalized spacial score (nSPS) is 11.3. The van der Waals surface area contributed by atoms with Crippen LogP contribution in [0.2, 0.25) is 10.0 Å². The second-order valence-corrected chi connectivity index (χ2v) is 8.24. The van der Waals surface area contributed by atoms with Gasteiger partial charge in [-0.2, -0.15) is 5.10 Å². The number of halogens is 2. The zero-order chi connectivity index (χ0) is 20.5. The van der Waals surface area contributed by atoms with Gasteiger partial charge >= 0.3 is 0 Å². The fourth-order valence-electron chi connectivity index (χ4n) is 2.52. The van der Waals surface area contributed by atoms with E-state index in [1.54, 1.807) is 6.07 Å². The molecule has 3 aromatic rings. The number of aryl methyl sites for hydroxylation is 1. The molecular formula is C18H15Cl2N3O4S. The largest absolute Gasteiger partial charge is 0.494 e. The number of nitrogens with zero attached hydrogens (tertiary/aromatic N) is 2. The minimum Gasteiger partial charge on any atom is -0.494 e. The molecule has 0 fully saturated rings. The van der Waals surface area contributed by atoms with Crippen molar-refractivity contribution in [2.45, 2.75) is 11.8 Å². The molecule has 0 saturated heterocycles. The van der Waals surface area contributed by atoms with E-state index in [0.717, 1.165) is 5.56 Å². The molecule has 10 heteroatoms. The van der Waals surface area contributed by atoms with E-state index < -0.39 is 15.9 Å². The summed E-state index contributed by atoms with van der Waals surface area (Å²) in [5.74, 6) is -0.363. The van der Waals surface area contributed by atoms with Gasteiger partial charge in [0.25, 0.3) is 15.9 Å². The number of hydrogen-bond donors (Lipinski definition) is 1. The number of rotatable bonds is 5. The van der Waals surface area contributed by atoms with Gasteiger partial charge in [-0.3, -0.25) is 4.79 Å². The molecule has 0 bridgehead atoms. The average Bonchev–Trinajstić information content (AvgIpc) is 3.11. The summed E-state index contributed by atoms with van der Waals surface area (Å²) < 4.78 is 33.7. The molecule has 1 heterocycles. The molecule has 1 aromatic heterocycles. The molecule has 0 saturated carbocycles. The lowest BCUT2D eigenvalue weighted by molar-refractivity contribution is 0.0976. The van der Waals surface area contributed by atoms with Crippen molar-refractivity contribution >= 4 is 39.1 Å². The van der Waals surface area contributed by atoms with Crippen LogP contribution in [-0.2, 0) is 10.0 Å². The lowest BCUT2D eigenvalue weighted by atomic mass is 10.2. The van der Waals surface area contributed by atoms with Crippen molar-refractivity contribution in [3.05, 3.63) is 70.0 Å². The highest BCUT2D eigenvalue weighted by Crippen LogP contribution is 2.29. The van der Waals surface area contributed by atoms with Crippen molar-refractivity contribution in [2.75, 3.05) is 7.11 Å². The van der Waals surface area contributed by atoms with E-state index in [0.29, 0.717) is 11.4 Å². The Morgan fingerprint density at radius 2 is 1.82 bits per heavy atom. The Morgan fingerprint density at radius 3 is 2.46 bits per heavy atom. The van der Waals surface area contributed by atoms with Crippen LogP contribution in [0.1, 0.15) is 16.1 Å². The van der Waals surface area contributed by atoms with Crippen LogP contribution >= 0.6 is 23.2 Å². The first-order chi connectivity index (χ1) is 13.2. The second-order valence-electron chi connectivity index (χ2n) is 5.81. The van der Waals surface area contributed by atoms with Gasteiger partial charge in [0.2, 0.25) is 0 Å². The number of hydrogen-bond acceptors (Lipinski definition) is 5. The van der Waals surface area contributed by atoms with E-state index in [4.69, 9.17) is 27.9 Å². The van der Waals surface area contributed by atoms with Gasteiger partial charge in [0.05, 0.1) is 17.2 Å². The van der Waals surface area contributed by atoms with E-state index in [2.05, 4.69) is 5.10 Å². The first kappa shape index (κ1) is 20.2. The van der Waals surface area contributed by atoms with E-state index in [1.165, 1.54) is 42.3 Å². The highest BCUT2D eigenvalue weighted by atomic mass is 35.5. The standard InChI is InChI=1S/C18H15Cl2N3O4S/c1-11-6-7-16(27-2)15(10-11)23-9-8-14(21-23)18(24)22-28(25,26)17-12(19)4-3-5-13(17)20/h3-10H,1-2H3,(H,22,24). The molecule has 3 rings (SSSR count). The molecule has 1 N–H and O–H groups in total. The molecular weight excluding hydrogens is 425 g/mol. The highest BCUT2D eigenvalue weighted by molar-refractivity contribution is 7.90. The summed E-state index contributed by atoms with van der Waals surface area (Å²) in [5, 5.41) is 3.96. The summed E-state index contributed by atoms with van der Waals surface area (Å²) in [6.07, 6.45) is 1.53. The smallest absolute Gasteiger partial charge is 0.285 e. The summed E-state index contributed by atoms with van der Waals surface area (Å²) in [4.78, 5) is 12.1. The number of carbonyl (C=O) groups excluding carboxylic acids is 1. The van der Waals surface area contributed by atoms with Gasteiger partial charge in [-0.05, 0) is 42.8 Å². The van der Waals surface area contributed by atoms with Crippen LogP contribution in [0.5, 0.6) is 5.75 Å². The molecule has 0 atom stereocenters. The first-order valence-electron chi connectivity index (χ1n) is 7.95. The Hall–Kier alpha value is -2.55. The Bertz CT molecular complexity index is 1140. The molecule has 7 nitrogen and oxygen atoms in total. The van der Waals surface area contributed by atoms with E-state index >= 15 is 0 Å². The number of carbonyl (C=O) groups is 1. The maximum atomic E-state index is 12.5. The summed E-state index contributed by atoms with van der Waals surface area (Å²) in [6.45, 7) is 1.90. The van der Waals surface area contributed by atoms with Crippen LogP contribution in [0.3, 0.4) is 0 Å². The van der Waals surface area contributed by atoms with Gasteiger partial charge in [-0.15, -0.1) is 0 Å². The fourth-order valence-corrected chi connectivity index (χ4v) is 4.63. The molecule has 0 aliphatic heterocycles. The number of aromatic nitrogens is 2. The quantitative estimate of drug-likeness (QED) is 0.655. The van der Waals surface area contributed by atoms with Gasteiger partial charge in [0.1, 0.15) is 16.3 Å². The molecule has 0 unspecified atom stereocenters. The first-order valence-corrected chi connectivity index (χ1v) is 10.2. The number of amides is 1. The van der Waals surface area contributed by atoms with Crippen molar-refractivity contribution in [1.29, 1.82) is 0 Å². The van der Waals surface area contributed by atoms with Crippen molar-refractivity contribution in [1.82, 2.24) is 14.5 Å². The van der Waals surface area contributed by atoms with Crippen LogP contribution in [0, 0.1) is 6.92 Å². The Kier molecular flexibility index (Phi) is 5.64. The summed E-state index contributed by atoms with van der Waals surface area (Å²) in [7, 11) is -2.76. The van der Waals surface area contributed by atoms with Gasteiger partial charge in [-0.25, -0.2) is 17.8 Å². The third kappa shape index (κ3) is 3.99. The number of nitrogens with one attached hydrogen (secondary N) is 1. The Morgan fingerprint density at radius 1 is 1.14 bits per heavy atom. The number of sulfonamides is 1. The molecule has 1 amide bonds. The van der Waals surface area contributed by atoms with Crippen LogP contribution in [0.15, 0.2) is 53.6 Å².